The maximum absolute atomic E-state index is 13.0. The van der Waals surface area contributed by atoms with Crippen LogP contribution in [0.3, 0.4) is 0 Å². The summed E-state index contributed by atoms with van der Waals surface area (Å²) in [6.07, 6.45) is 0.671. The average molecular weight is 401 g/mol. The van der Waals surface area contributed by atoms with E-state index in [9.17, 15) is 9.59 Å². The van der Waals surface area contributed by atoms with Crippen LogP contribution in [0.4, 0.5) is 5.69 Å². The molecule has 6 nitrogen and oxygen atoms in total. The Labute approximate surface area is 168 Å². The van der Waals surface area contributed by atoms with Crippen LogP contribution in [0.1, 0.15) is 18.9 Å². The van der Waals surface area contributed by atoms with E-state index < -0.39 is 0 Å². The minimum atomic E-state index is -0.366. The molecule has 0 atom stereocenters. The second-order valence-corrected chi connectivity index (χ2v) is 6.65. The van der Waals surface area contributed by atoms with Crippen molar-refractivity contribution in [1.29, 1.82) is 0 Å². The molecule has 0 fully saturated rings. The third-order valence-corrected chi connectivity index (χ3v) is 4.67. The van der Waals surface area contributed by atoms with Gasteiger partial charge in [-0.2, -0.15) is 0 Å². The summed E-state index contributed by atoms with van der Waals surface area (Å²) in [4.78, 5) is 27.2. The third kappa shape index (κ3) is 3.68. The van der Waals surface area contributed by atoms with Crippen LogP contribution in [0.2, 0.25) is 5.02 Å². The van der Waals surface area contributed by atoms with Gasteiger partial charge < -0.3 is 14.8 Å². The molecule has 0 aromatic heterocycles. The second-order valence-electron chi connectivity index (χ2n) is 6.21. The fraction of sp³-hybridized carbons (Fsp3) is 0.238. The van der Waals surface area contributed by atoms with Crippen molar-refractivity contribution in [2.75, 3.05) is 26.1 Å². The van der Waals surface area contributed by atoms with Gasteiger partial charge in [-0.05, 0) is 36.2 Å². The molecule has 0 saturated heterocycles. The first kappa shape index (κ1) is 19.8. The van der Waals surface area contributed by atoms with Gasteiger partial charge in [0.25, 0.3) is 11.8 Å². The van der Waals surface area contributed by atoms with Crippen molar-refractivity contribution in [3.8, 4) is 11.5 Å². The monoisotopic (exact) mass is 400 g/mol. The van der Waals surface area contributed by atoms with Gasteiger partial charge in [0, 0.05) is 17.6 Å². The Bertz CT molecular complexity index is 938. The Kier molecular flexibility index (Phi) is 5.90. The molecule has 0 unspecified atom stereocenters. The van der Waals surface area contributed by atoms with Gasteiger partial charge in [-0.1, -0.05) is 30.7 Å². The fourth-order valence-corrected chi connectivity index (χ4v) is 3.17. The predicted octanol–water partition coefficient (Wildman–Crippen LogP) is 3.96. The van der Waals surface area contributed by atoms with Crippen LogP contribution in [-0.2, 0) is 9.59 Å². The number of ether oxygens (including phenoxy) is 2. The molecule has 28 heavy (non-hydrogen) atoms. The molecular formula is C21H21ClN2O4. The van der Waals surface area contributed by atoms with E-state index in [1.165, 1.54) is 12.0 Å². The molecule has 0 saturated carbocycles. The maximum atomic E-state index is 13.0. The second kappa shape index (κ2) is 8.35. The summed E-state index contributed by atoms with van der Waals surface area (Å²) in [5, 5.41) is 3.65. The summed E-state index contributed by atoms with van der Waals surface area (Å²) in [6.45, 7) is 2.26. The van der Waals surface area contributed by atoms with Crippen LogP contribution in [0.15, 0.2) is 48.2 Å². The van der Waals surface area contributed by atoms with Crippen molar-refractivity contribution in [2.45, 2.75) is 13.3 Å². The van der Waals surface area contributed by atoms with Gasteiger partial charge in [-0.15, -0.1) is 0 Å². The number of rotatable bonds is 7. The van der Waals surface area contributed by atoms with Crippen molar-refractivity contribution < 1.29 is 19.1 Å². The minimum absolute atomic E-state index is 0.212. The topological polar surface area (TPSA) is 67.9 Å². The highest BCUT2D eigenvalue weighted by atomic mass is 35.5. The lowest BCUT2D eigenvalue weighted by Crippen LogP contribution is -2.33. The lowest BCUT2D eigenvalue weighted by Gasteiger charge is -2.15. The predicted molar refractivity (Wildman–Crippen MR) is 109 cm³/mol. The molecule has 1 aliphatic heterocycles. The SMILES string of the molecule is CCCN1C(=O)C(Nc2ccc(OC)cc2OC)=C(c2ccc(Cl)cc2)C1=O. The van der Waals surface area contributed by atoms with E-state index in [4.69, 9.17) is 21.1 Å². The van der Waals surface area contributed by atoms with E-state index in [2.05, 4.69) is 5.32 Å². The molecule has 2 aromatic carbocycles. The van der Waals surface area contributed by atoms with Gasteiger partial charge in [0.15, 0.2) is 0 Å². The molecule has 1 heterocycles. The van der Waals surface area contributed by atoms with Crippen LogP contribution < -0.4 is 14.8 Å². The first-order chi connectivity index (χ1) is 13.5. The molecule has 0 radical (unpaired) electrons. The molecule has 1 N–H and O–H groups in total. The number of carbonyl (C=O) groups excluding carboxylic acids is 2. The molecule has 2 amide bonds. The first-order valence-corrected chi connectivity index (χ1v) is 9.23. The van der Waals surface area contributed by atoms with Crippen LogP contribution in [0.5, 0.6) is 11.5 Å². The van der Waals surface area contributed by atoms with Crippen molar-refractivity contribution in [3.63, 3.8) is 0 Å². The van der Waals surface area contributed by atoms with Gasteiger partial charge in [0.2, 0.25) is 0 Å². The van der Waals surface area contributed by atoms with E-state index in [0.717, 1.165) is 0 Å². The number of hydrogen-bond acceptors (Lipinski definition) is 5. The maximum Gasteiger partial charge on any atom is 0.278 e. The van der Waals surface area contributed by atoms with Crippen molar-refractivity contribution in [3.05, 3.63) is 58.7 Å². The molecule has 1 aliphatic rings. The number of methoxy groups -OCH3 is 2. The summed E-state index contributed by atoms with van der Waals surface area (Å²) >= 11 is 5.97. The third-order valence-electron chi connectivity index (χ3n) is 4.42. The Morgan fingerprint density at radius 2 is 1.71 bits per heavy atom. The van der Waals surface area contributed by atoms with Crippen LogP contribution in [0.25, 0.3) is 5.57 Å². The Morgan fingerprint density at radius 1 is 1.00 bits per heavy atom. The molecule has 146 valence electrons. The molecule has 0 aliphatic carbocycles. The van der Waals surface area contributed by atoms with Gasteiger partial charge >= 0.3 is 0 Å². The number of carbonyl (C=O) groups is 2. The lowest BCUT2D eigenvalue weighted by molar-refractivity contribution is -0.136. The van der Waals surface area contributed by atoms with Crippen molar-refractivity contribution in [1.82, 2.24) is 4.90 Å². The molecule has 2 aromatic rings. The lowest BCUT2D eigenvalue weighted by atomic mass is 10.0. The molecule has 3 rings (SSSR count). The standard InChI is InChI=1S/C21H21ClN2O4/c1-4-11-24-20(25)18(13-5-7-14(22)8-6-13)19(21(24)26)23-16-10-9-15(27-2)12-17(16)28-3/h5-10,12,23H,4,11H2,1-3H3. The van der Waals surface area contributed by atoms with Crippen LogP contribution in [-0.4, -0.2) is 37.5 Å². The quantitative estimate of drug-likeness (QED) is 0.712. The highest BCUT2D eigenvalue weighted by Crippen LogP contribution is 2.35. The Morgan fingerprint density at radius 3 is 2.32 bits per heavy atom. The highest BCUT2D eigenvalue weighted by Gasteiger charge is 2.38. The summed E-state index contributed by atoms with van der Waals surface area (Å²) in [5.74, 6) is 0.422. The number of benzene rings is 2. The highest BCUT2D eigenvalue weighted by molar-refractivity contribution is 6.37. The fourth-order valence-electron chi connectivity index (χ4n) is 3.04. The van der Waals surface area contributed by atoms with E-state index in [0.29, 0.717) is 46.3 Å². The first-order valence-electron chi connectivity index (χ1n) is 8.85. The van der Waals surface area contributed by atoms with E-state index in [-0.39, 0.29) is 17.5 Å². The van der Waals surface area contributed by atoms with Crippen molar-refractivity contribution >= 4 is 34.7 Å². The smallest absolute Gasteiger partial charge is 0.278 e. The van der Waals surface area contributed by atoms with Crippen LogP contribution >= 0.6 is 11.6 Å². The van der Waals surface area contributed by atoms with Gasteiger partial charge in [0.05, 0.1) is 25.5 Å². The zero-order chi connectivity index (χ0) is 20.3. The van der Waals surface area contributed by atoms with E-state index in [1.807, 2.05) is 6.92 Å². The molecule has 7 heteroatoms. The molecule has 0 spiro atoms. The average Bonchev–Trinajstić information content (AvgIpc) is 2.93. The van der Waals surface area contributed by atoms with Gasteiger partial charge in [0.1, 0.15) is 17.2 Å². The minimum Gasteiger partial charge on any atom is -0.497 e. The zero-order valence-electron chi connectivity index (χ0n) is 15.9. The van der Waals surface area contributed by atoms with E-state index >= 15 is 0 Å². The number of imide groups is 1. The zero-order valence-corrected chi connectivity index (χ0v) is 16.7. The van der Waals surface area contributed by atoms with Crippen molar-refractivity contribution in [2.24, 2.45) is 0 Å². The largest absolute Gasteiger partial charge is 0.497 e. The van der Waals surface area contributed by atoms with E-state index in [1.54, 1.807) is 49.6 Å². The Hall–Kier alpha value is -2.99. The summed E-state index contributed by atoms with van der Waals surface area (Å²) in [6, 6.07) is 12.0. The molecule has 0 bridgehead atoms. The number of amides is 2. The number of nitrogens with one attached hydrogen (secondary N) is 1. The molecular weight excluding hydrogens is 380 g/mol. The summed E-state index contributed by atoms with van der Waals surface area (Å²) in [7, 11) is 3.09. The normalized spacial score (nSPS) is 13.9. The van der Waals surface area contributed by atoms with Gasteiger partial charge in [-0.3, -0.25) is 14.5 Å². The number of anilines is 1. The number of nitrogens with zero attached hydrogens (tertiary/aromatic N) is 1. The van der Waals surface area contributed by atoms with Crippen LogP contribution in [0, 0.1) is 0 Å². The summed E-state index contributed by atoms with van der Waals surface area (Å²) in [5.41, 5.74) is 1.71. The van der Waals surface area contributed by atoms with Gasteiger partial charge in [-0.25, -0.2) is 0 Å². The number of halogens is 1. The summed E-state index contributed by atoms with van der Waals surface area (Å²) < 4.78 is 10.6. The Balaban J connectivity index is 2.08. The number of hydrogen-bond donors (Lipinski definition) is 1.